The first-order valence-corrected chi connectivity index (χ1v) is 10.9. The molecule has 2 N–H and O–H groups in total. The van der Waals surface area contributed by atoms with Crippen molar-refractivity contribution in [3.8, 4) is 21.7 Å². The zero-order valence-electron chi connectivity index (χ0n) is 18.0. The van der Waals surface area contributed by atoms with Crippen molar-refractivity contribution in [3.05, 3.63) is 83.6 Å². The molecule has 2 aromatic carbocycles. The fourth-order valence-corrected chi connectivity index (χ4v) is 4.48. The Balaban J connectivity index is 1.74. The molecule has 32 heavy (non-hydrogen) atoms. The number of amides is 2. The minimum absolute atomic E-state index is 0.178. The lowest BCUT2D eigenvalue weighted by molar-refractivity contribution is -0.114. The zero-order valence-corrected chi connectivity index (χ0v) is 18.8. The summed E-state index contributed by atoms with van der Waals surface area (Å²) in [6.45, 7) is 5.54. The minimum Gasteiger partial charge on any atom is -0.307 e. The molecule has 0 unspecified atom stereocenters. The number of carbonyl (C=O) groups is 2. The first-order valence-electron chi connectivity index (χ1n) is 10.1. The SMILES string of the molecule is CC(=O)Nc1nc(-c2cc(C)cc(C)c2)c(-c2ccnc(NC(=O)c3ccccc3)c2)s1. The molecule has 0 aliphatic carbocycles. The van der Waals surface area contributed by atoms with Gasteiger partial charge in [-0.25, -0.2) is 9.97 Å². The maximum absolute atomic E-state index is 12.5. The lowest BCUT2D eigenvalue weighted by Gasteiger charge is -2.08. The van der Waals surface area contributed by atoms with Gasteiger partial charge in [-0.2, -0.15) is 0 Å². The molecule has 7 heteroatoms. The second-order valence-corrected chi connectivity index (χ2v) is 8.50. The largest absolute Gasteiger partial charge is 0.307 e. The molecule has 2 heterocycles. The van der Waals surface area contributed by atoms with Crippen molar-refractivity contribution in [2.24, 2.45) is 0 Å². The number of anilines is 2. The molecule has 2 amide bonds. The minimum atomic E-state index is -0.229. The third-order valence-electron chi connectivity index (χ3n) is 4.70. The molecular weight excluding hydrogens is 420 g/mol. The van der Waals surface area contributed by atoms with Gasteiger partial charge in [0.05, 0.1) is 10.6 Å². The molecule has 4 aromatic rings. The standard InChI is InChI=1S/C25H22N4O2S/c1-15-11-16(2)13-20(12-15)22-23(32-25(29-22)27-17(3)30)19-9-10-26-21(14-19)28-24(31)18-7-5-4-6-8-18/h4-14H,1-3H3,(H,26,28,31)(H,27,29,30). The lowest BCUT2D eigenvalue weighted by Crippen LogP contribution is -2.12. The molecule has 0 aliphatic rings. The van der Waals surface area contributed by atoms with Crippen molar-refractivity contribution < 1.29 is 9.59 Å². The molecule has 0 bridgehead atoms. The summed E-state index contributed by atoms with van der Waals surface area (Å²) >= 11 is 1.39. The van der Waals surface area contributed by atoms with Crippen LogP contribution in [0, 0.1) is 13.8 Å². The van der Waals surface area contributed by atoms with Gasteiger partial charge in [0.25, 0.3) is 5.91 Å². The predicted octanol–water partition coefficient (Wildman–Crippen LogP) is 5.70. The predicted molar refractivity (Wildman–Crippen MR) is 129 cm³/mol. The van der Waals surface area contributed by atoms with Crippen LogP contribution in [0.2, 0.25) is 0 Å². The summed E-state index contributed by atoms with van der Waals surface area (Å²) in [5, 5.41) is 6.16. The maximum atomic E-state index is 12.5. The van der Waals surface area contributed by atoms with Crippen molar-refractivity contribution in [3.63, 3.8) is 0 Å². The van der Waals surface area contributed by atoms with E-state index >= 15 is 0 Å². The number of nitrogens with one attached hydrogen (secondary N) is 2. The highest BCUT2D eigenvalue weighted by Gasteiger charge is 2.17. The van der Waals surface area contributed by atoms with Crippen LogP contribution in [-0.4, -0.2) is 21.8 Å². The molecule has 4 rings (SSSR count). The maximum Gasteiger partial charge on any atom is 0.256 e. The Hall–Kier alpha value is -3.84. The topological polar surface area (TPSA) is 84.0 Å². The van der Waals surface area contributed by atoms with Crippen LogP contribution < -0.4 is 10.6 Å². The third-order valence-corrected chi connectivity index (χ3v) is 5.72. The summed E-state index contributed by atoms with van der Waals surface area (Å²) < 4.78 is 0. The van der Waals surface area contributed by atoms with Crippen molar-refractivity contribution in [1.29, 1.82) is 0 Å². The Bertz CT molecular complexity index is 1280. The summed E-state index contributed by atoms with van der Waals surface area (Å²) in [5.74, 6) is 0.0352. The number of aryl methyl sites for hydroxylation is 2. The van der Waals surface area contributed by atoms with E-state index in [1.807, 2.05) is 44.2 Å². The van der Waals surface area contributed by atoms with Crippen LogP contribution in [-0.2, 0) is 4.79 Å². The Morgan fingerprint density at radius 3 is 2.28 bits per heavy atom. The number of hydrogen-bond donors (Lipinski definition) is 2. The molecule has 6 nitrogen and oxygen atoms in total. The summed E-state index contributed by atoms with van der Waals surface area (Å²) in [7, 11) is 0. The van der Waals surface area contributed by atoms with Crippen LogP contribution in [0.25, 0.3) is 21.7 Å². The van der Waals surface area contributed by atoms with Crippen molar-refractivity contribution >= 4 is 34.1 Å². The number of carbonyl (C=O) groups excluding carboxylic acids is 2. The fraction of sp³-hybridized carbons (Fsp3) is 0.120. The molecule has 0 aliphatic heterocycles. The number of hydrogen-bond acceptors (Lipinski definition) is 5. The van der Waals surface area contributed by atoms with E-state index in [9.17, 15) is 9.59 Å². The number of benzene rings is 2. The van der Waals surface area contributed by atoms with Gasteiger partial charge in [-0.05, 0) is 55.8 Å². The highest BCUT2D eigenvalue weighted by molar-refractivity contribution is 7.19. The fourth-order valence-electron chi connectivity index (χ4n) is 3.45. The third kappa shape index (κ3) is 4.90. The van der Waals surface area contributed by atoms with Gasteiger partial charge in [-0.3, -0.25) is 9.59 Å². The van der Waals surface area contributed by atoms with Crippen LogP contribution in [0.5, 0.6) is 0 Å². The molecule has 160 valence electrons. The highest BCUT2D eigenvalue weighted by atomic mass is 32.1. The quantitative estimate of drug-likeness (QED) is 0.415. The molecular formula is C25H22N4O2S. The Morgan fingerprint density at radius 2 is 1.59 bits per heavy atom. The molecule has 0 fully saturated rings. The first-order chi connectivity index (χ1) is 15.4. The molecule has 0 atom stereocenters. The Labute approximate surface area is 190 Å². The van der Waals surface area contributed by atoms with Gasteiger partial charge in [0, 0.05) is 24.2 Å². The number of nitrogens with zero attached hydrogens (tertiary/aromatic N) is 2. The average molecular weight is 443 g/mol. The average Bonchev–Trinajstić information content (AvgIpc) is 3.17. The van der Waals surface area contributed by atoms with E-state index < -0.39 is 0 Å². The number of rotatable bonds is 5. The summed E-state index contributed by atoms with van der Waals surface area (Å²) in [4.78, 5) is 34.0. The second-order valence-electron chi connectivity index (χ2n) is 7.50. The summed E-state index contributed by atoms with van der Waals surface area (Å²) in [6, 6.07) is 18.9. The van der Waals surface area contributed by atoms with E-state index in [0.717, 1.165) is 32.8 Å². The van der Waals surface area contributed by atoms with Crippen LogP contribution in [0.4, 0.5) is 10.9 Å². The van der Waals surface area contributed by atoms with E-state index in [4.69, 9.17) is 4.98 Å². The van der Waals surface area contributed by atoms with Crippen LogP contribution in [0.1, 0.15) is 28.4 Å². The van der Waals surface area contributed by atoms with Crippen LogP contribution >= 0.6 is 11.3 Å². The van der Waals surface area contributed by atoms with E-state index in [2.05, 4.69) is 33.8 Å². The van der Waals surface area contributed by atoms with Crippen LogP contribution in [0.3, 0.4) is 0 Å². The molecule has 0 radical (unpaired) electrons. The first kappa shape index (κ1) is 21.4. The lowest BCUT2D eigenvalue weighted by atomic mass is 10.0. The van der Waals surface area contributed by atoms with Gasteiger partial charge in [0.1, 0.15) is 5.82 Å². The highest BCUT2D eigenvalue weighted by Crippen LogP contribution is 2.40. The number of thiazole rings is 1. The van der Waals surface area contributed by atoms with E-state index in [1.54, 1.807) is 18.3 Å². The second kappa shape index (κ2) is 9.11. The summed E-state index contributed by atoms with van der Waals surface area (Å²) in [6.07, 6.45) is 1.65. The number of pyridine rings is 1. The number of aromatic nitrogens is 2. The van der Waals surface area contributed by atoms with Crippen molar-refractivity contribution in [2.45, 2.75) is 20.8 Å². The van der Waals surface area contributed by atoms with Gasteiger partial charge in [-0.15, -0.1) is 0 Å². The van der Waals surface area contributed by atoms with Crippen molar-refractivity contribution in [2.75, 3.05) is 10.6 Å². The van der Waals surface area contributed by atoms with Crippen LogP contribution in [0.15, 0.2) is 66.9 Å². The molecule has 0 saturated heterocycles. The monoisotopic (exact) mass is 442 g/mol. The molecule has 2 aromatic heterocycles. The van der Waals surface area contributed by atoms with Crippen molar-refractivity contribution in [1.82, 2.24) is 9.97 Å². The van der Waals surface area contributed by atoms with Gasteiger partial charge in [0.2, 0.25) is 5.91 Å². The summed E-state index contributed by atoms with van der Waals surface area (Å²) in [5.41, 5.74) is 5.42. The van der Waals surface area contributed by atoms with Gasteiger partial charge in [0.15, 0.2) is 5.13 Å². The smallest absolute Gasteiger partial charge is 0.256 e. The van der Waals surface area contributed by atoms with E-state index in [-0.39, 0.29) is 11.8 Å². The van der Waals surface area contributed by atoms with E-state index in [0.29, 0.717) is 16.5 Å². The molecule has 0 saturated carbocycles. The Morgan fingerprint density at radius 1 is 0.875 bits per heavy atom. The van der Waals surface area contributed by atoms with Gasteiger partial charge in [-0.1, -0.05) is 46.7 Å². The van der Waals surface area contributed by atoms with Gasteiger partial charge >= 0.3 is 0 Å². The van der Waals surface area contributed by atoms with Gasteiger partial charge < -0.3 is 10.6 Å². The zero-order chi connectivity index (χ0) is 22.7. The Kier molecular flexibility index (Phi) is 6.09. The normalized spacial score (nSPS) is 10.6. The van der Waals surface area contributed by atoms with E-state index in [1.165, 1.54) is 18.3 Å². The molecule has 0 spiro atoms.